The monoisotopic (exact) mass is 423 g/mol. The highest BCUT2D eigenvalue weighted by Crippen LogP contribution is 2.25. The van der Waals surface area contributed by atoms with Crippen molar-refractivity contribution in [1.82, 2.24) is 20.3 Å². The number of hydrogen-bond acceptors (Lipinski definition) is 6. The van der Waals surface area contributed by atoms with Gasteiger partial charge in [0.15, 0.2) is 5.65 Å². The molecular weight excluding hydrogens is 397 g/mol. The predicted molar refractivity (Wildman–Crippen MR) is 118 cm³/mol. The second-order valence-electron chi connectivity index (χ2n) is 8.10. The second-order valence-corrected chi connectivity index (χ2v) is 8.10. The molecule has 2 aromatic heterocycles. The highest BCUT2D eigenvalue weighted by Gasteiger charge is 2.28. The minimum absolute atomic E-state index is 0.00745. The highest BCUT2D eigenvalue weighted by molar-refractivity contribution is 6.14. The Morgan fingerprint density at radius 1 is 1.32 bits per heavy atom. The minimum Gasteiger partial charge on any atom is -0.387 e. The van der Waals surface area contributed by atoms with Gasteiger partial charge in [-0.2, -0.15) is 0 Å². The van der Waals surface area contributed by atoms with E-state index in [-0.39, 0.29) is 29.4 Å². The number of fused-ring (bicyclic) bond motifs is 1. The largest absolute Gasteiger partial charge is 0.387 e. The van der Waals surface area contributed by atoms with E-state index in [9.17, 15) is 9.18 Å². The van der Waals surface area contributed by atoms with Gasteiger partial charge >= 0.3 is 0 Å². The number of benzene rings is 1. The molecular formula is C22H26FN7O. The lowest BCUT2D eigenvalue weighted by Gasteiger charge is -2.33. The lowest BCUT2D eigenvalue weighted by molar-refractivity contribution is 0.0908. The summed E-state index contributed by atoms with van der Waals surface area (Å²) in [6.07, 6.45) is 5.74. The molecule has 1 aliphatic rings. The summed E-state index contributed by atoms with van der Waals surface area (Å²) < 4.78 is 13.6. The molecule has 1 amide bonds. The van der Waals surface area contributed by atoms with Crippen molar-refractivity contribution in [2.45, 2.75) is 38.3 Å². The van der Waals surface area contributed by atoms with E-state index in [1.165, 1.54) is 24.4 Å². The zero-order valence-electron chi connectivity index (χ0n) is 17.5. The maximum absolute atomic E-state index is 13.6. The van der Waals surface area contributed by atoms with E-state index in [2.05, 4.69) is 32.5 Å². The first-order valence-corrected chi connectivity index (χ1v) is 10.3. The normalized spacial score (nSPS) is 21.1. The van der Waals surface area contributed by atoms with Gasteiger partial charge in [0.1, 0.15) is 17.0 Å². The molecule has 0 spiro atoms. The minimum atomic E-state index is -0.399. The van der Waals surface area contributed by atoms with E-state index in [1.54, 1.807) is 13.2 Å². The maximum atomic E-state index is 13.6. The maximum Gasteiger partial charge on any atom is 0.255 e. The zero-order valence-corrected chi connectivity index (χ0v) is 17.5. The van der Waals surface area contributed by atoms with Crippen molar-refractivity contribution in [3.05, 3.63) is 53.2 Å². The van der Waals surface area contributed by atoms with Crippen molar-refractivity contribution >= 4 is 28.5 Å². The van der Waals surface area contributed by atoms with Crippen molar-refractivity contribution in [2.75, 3.05) is 12.4 Å². The summed E-state index contributed by atoms with van der Waals surface area (Å²) in [6, 6.07) is 4.23. The zero-order chi connectivity index (χ0) is 22.1. The van der Waals surface area contributed by atoms with Crippen LogP contribution >= 0.6 is 0 Å². The van der Waals surface area contributed by atoms with Gasteiger partial charge in [-0.1, -0.05) is 6.92 Å². The summed E-state index contributed by atoms with van der Waals surface area (Å²) >= 11 is 0. The van der Waals surface area contributed by atoms with Gasteiger partial charge < -0.3 is 21.4 Å². The Morgan fingerprint density at radius 3 is 2.90 bits per heavy atom. The molecule has 1 aromatic carbocycles. The molecule has 2 heterocycles. The molecule has 6 N–H and O–H groups in total. The third-order valence-corrected chi connectivity index (χ3v) is 5.95. The van der Waals surface area contributed by atoms with Crippen LogP contribution in [0, 0.1) is 17.1 Å². The van der Waals surface area contributed by atoms with Crippen molar-refractivity contribution in [3.63, 3.8) is 0 Å². The molecule has 9 heteroatoms. The molecule has 0 bridgehead atoms. The SMILES string of the molecule is CNc1cc(F)ccc1C(=N)c1cnc2[nH]cc(C(=O)NC3CC(N)CCC3C)c2n1. The predicted octanol–water partition coefficient (Wildman–Crippen LogP) is 2.80. The lowest BCUT2D eigenvalue weighted by Crippen LogP contribution is -2.46. The van der Waals surface area contributed by atoms with Gasteiger partial charge in [-0.05, 0) is 43.4 Å². The second kappa shape index (κ2) is 8.43. The van der Waals surface area contributed by atoms with Crippen molar-refractivity contribution < 1.29 is 9.18 Å². The highest BCUT2D eigenvalue weighted by atomic mass is 19.1. The summed E-state index contributed by atoms with van der Waals surface area (Å²) in [5.74, 6) is -0.293. The summed E-state index contributed by atoms with van der Waals surface area (Å²) in [7, 11) is 1.66. The third kappa shape index (κ3) is 4.13. The average Bonchev–Trinajstić information content (AvgIpc) is 3.19. The number of rotatable bonds is 5. The number of halogens is 1. The molecule has 162 valence electrons. The Morgan fingerprint density at radius 2 is 2.13 bits per heavy atom. The first-order valence-electron chi connectivity index (χ1n) is 10.3. The van der Waals surface area contributed by atoms with Gasteiger partial charge in [-0.3, -0.25) is 10.2 Å². The van der Waals surface area contributed by atoms with Crippen LogP contribution in [0.25, 0.3) is 11.2 Å². The van der Waals surface area contributed by atoms with Crippen LogP contribution in [-0.2, 0) is 0 Å². The number of hydrogen-bond donors (Lipinski definition) is 5. The molecule has 3 unspecified atom stereocenters. The summed E-state index contributed by atoms with van der Waals surface area (Å²) in [5, 5.41) is 14.5. The number of nitrogens with two attached hydrogens (primary N) is 1. The van der Waals surface area contributed by atoms with Gasteiger partial charge in [0, 0.05) is 36.6 Å². The van der Waals surface area contributed by atoms with Crippen LogP contribution in [0.4, 0.5) is 10.1 Å². The Bertz CT molecular complexity index is 1140. The van der Waals surface area contributed by atoms with Gasteiger partial charge in [-0.25, -0.2) is 14.4 Å². The number of amides is 1. The fraction of sp³-hybridized carbons (Fsp3) is 0.364. The molecule has 1 aliphatic carbocycles. The molecule has 0 aliphatic heterocycles. The van der Waals surface area contributed by atoms with Crippen LogP contribution < -0.4 is 16.4 Å². The van der Waals surface area contributed by atoms with E-state index in [1.807, 2.05) is 0 Å². The van der Waals surface area contributed by atoms with Gasteiger partial charge in [0.05, 0.1) is 17.5 Å². The summed E-state index contributed by atoms with van der Waals surface area (Å²) in [5.41, 5.74) is 8.64. The van der Waals surface area contributed by atoms with Crippen LogP contribution in [0.15, 0.2) is 30.6 Å². The molecule has 8 nitrogen and oxygen atoms in total. The molecule has 3 aromatic rings. The molecule has 0 radical (unpaired) electrons. The number of H-pyrrole nitrogens is 1. The first kappa shape index (κ1) is 20.9. The Balaban J connectivity index is 1.63. The van der Waals surface area contributed by atoms with Gasteiger partial charge in [-0.15, -0.1) is 0 Å². The molecule has 4 rings (SSSR count). The van der Waals surface area contributed by atoms with Crippen molar-refractivity contribution in [3.8, 4) is 0 Å². The van der Waals surface area contributed by atoms with Crippen LogP contribution in [0.1, 0.15) is 47.8 Å². The summed E-state index contributed by atoms with van der Waals surface area (Å²) in [4.78, 5) is 24.8. The average molecular weight is 423 g/mol. The smallest absolute Gasteiger partial charge is 0.255 e. The van der Waals surface area contributed by atoms with Crippen molar-refractivity contribution in [1.29, 1.82) is 5.41 Å². The third-order valence-electron chi connectivity index (χ3n) is 5.95. The summed E-state index contributed by atoms with van der Waals surface area (Å²) in [6.45, 7) is 2.12. The number of anilines is 1. The van der Waals surface area contributed by atoms with E-state index in [0.717, 1.165) is 19.3 Å². The lowest BCUT2D eigenvalue weighted by atomic mass is 9.83. The topological polar surface area (TPSA) is 133 Å². The number of aromatic amines is 1. The number of carbonyl (C=O) groups excluding carboxylic acids is 1. The van der Waals surface area contributed by atoms with E-state index >= 15 is 0 Å². The number of carbonyl (C=O) groups is 1. The Kier molecular flexibility index (Phi) is 5.69. The van der Waals surface area contributed by atoms with E-state index in [0.29, 0.717) is 33.9 Å². The fourth-order valence-corrected chi connectivity index (χ4v) is 4.07. The first-order chi connectivity index (χ1) is 14.9. The number of nitrogens with zero attached hydrogens (tertiary/aromatic N) is 2. The standard InChI is InChI=1S/C22H26FN7O/c1-11-3-5-13(24)8-16(11)30-22(31)15-9-27-21-20(15)29-18(10-28-21)19(25)14-6-4-12(23)7-17(14)26-2/h4,6-7,9-11,13,16,25-26H,3,5,8,24H2,1-2H3,(H,27,28)(H,30,31). The number of nitrogens with one attached hydrogen (secondary N) is 4. The molecule has 3 atom stereocenters. The van der Waals surface area contributed by atoms with Gasteiger partial charge in [0.25, 0.3) is 5.91 Å². The van der Waals surface area contributed by atoms with Gasteiger partial charge in [0.2, 0.25) is 0 Å². The van der Waals surface area contributed by atoms with Crippen LogP contribution in [-0.4, -0.2) is 45.7 Å². The van der Waals surface area contributed by atoms with E-state index in [4.69, 9.17) is 11.1 Å². The Labute approximate surface area is 179 Å². The van der Waals surface area contributed by atoms with E-state index < -0.39 is 5.82 Å². The molecule has 1 saturated carbocycles. The number of aromatic nitrogens is 3. The molecule has 31 heavy (non-hydrogen) atoms. The molecule has 1 fully saturated rings. The van der Waals surface area contributed by atoms with Crippen LogP contribution in [0.2, 0.25) is 0 Å². The Hall–Kier alpha value is -3.33. The molecule has 0 saturated heterocycles. The van der Waals surface area contributed by atoms with Crippen LogP contribution in [0.5, 0.6) is 0 Å². The fourth-order valence-electron chi connectivity index (χ4n) is 4.07. The van der Waals surface area contributed by atoms with Crippen LogP contribution in [0.3, 0.4) is 0 Å². The quantitative estimate of drug-likeness (QED) is 0.403. The van der Waals surface area contributed by atoms with Crippen molar-refractivity contribution in [2.24, 2.45) is 11.7 Å².